The van der Waals surface area contributed by atoms with Crippen molar-refractivity contribution >= 4 is 23.6 Å². The normalized spacial score (nSPS) is 15.1. The molecule has 7 heteroatoms. The number of carbonyl (C=O) groups excluding carboxylic acids is 1. The fourth-order valence-corrected chi connectivity index (χ4v) is 3.43. The number of carbonyl (C=O) groups is 1. The molecule has 2 heterocycles. The maximum atomic E-state index is 12.5. The van der Waals surface area contributed by atoms with Crippen LogP contribution in [-0.4, -0.2) is 52.0 Å². The predicted molar refractivity (Wildman–Crippen MR) is 117 cm³/mol. The van der Waals surface area contributed by atoms with Crippen LogP contribution in [0.4, 0.5) is 0 Å². The summed E-state index contributed by atoms with van der Waals surface area (Å²) >= 11 is 5.92. The third-order valence-corrected chi connectivity index (χ3v) is 5.36. The van der Waals surface area contributed by atoms with Crippen LogP contribution in [0.5, 0.6) is 0 Å². The van der Waals surface area contributed by atoms with Crippen molar-refractivity contribution in [2.75, 3.05) is 26.2 Å². The summed E-state index contributed by atoms with van der Waals surface area (Å²) in [5.41, 5.74) is 3.10. The number of hydrogen-bond acceptors (Lipinski definition) is 5. The molecule has 1 aliphatic heterocycles. The molecule has 1 saturated heterocycles. The lowest BCUT2D eigenvalue weighted by molar-refractivity contribution is -0.127. The van der Waals surface area contributed by atoms with E-state index in [9.17, 15) is 4.79 Å². The lowest BCUT2D eigenvalue weighted by atomic mass is 10.1. The zero-order chi connectivity index (χ0) is 20.9. The SMILES string of the molecule is Cc1ccc(/C=C/C(=O)N2CCN(Cc3nc(-c4ccc(Cl)cc4)no3)CC2)cc1. The maximum Gasteiger partial charge on any atom is 0.246 e. The Morgan fingerprint density at radius 2 is 1.77 bits per heavy atom. The van der Waals surface area contributed by atoms with E-state index in [1.54, 1.807) is 18.2 Å². The summed E-state index contributed by atoms with van der Waals surface area (Å²) in [6.07, 6.45) is 3.52. The van der Waals surface area contributed by atoms with Gasteiger partial charge in [-0.25, -0.2) is 0 Å². The van der Waals surface area contributed by atoms with Crippen molar-refractivity contribution in [2.45, 2.75) is 13.5 Å². The van der Waals surface area contributed by atoms with Crippen molar-refractivity contribution in [3.05, 3.63) is 76.6 Å². The van der Waals surface area contributed by atoms with E-state index >= 15 is 0 Å². The Balaban J connectivity index is 1.28. The van der Waals surface area contributed by atoms with Crippen molar-refractivity contribution in [1.29, 1.82) is 0 Å². The summed E-state index contributed by atoms with van der Waals surface area (Å²) in [4.78, 5) is 21.0. The van der Waals surface area contributed by atoms with Gasteiger partial charge in [-0.05, 0) is 42.8 Å². The summed E-state index contributed by atoms with van der Waals surface area (Å²) in [6.45, 7) is 5.50. The molecule has 0 saturated carbocycles. The van der Waals surface area contributed by atoms with Crippen LogP contribution >= 0.6 is 11.6 Å². The molecule has 0 spiro atoms. The smallest absolute Gasteiger partial charge is 0.246 e. The van der Waals surface area contributed by atoms with Crippen molar-refractivity contribution in [3.8, 4) is 11.4 Å². The average Bonchev–Trinajstić information content (AvgIpc) is 3.22. The number of piperazine rings is 1. The Bertz CT molecular complexity index is 1020. The van der Waals surface area contributed by atoms with Gasteiger partial charge in [0, 0.05) is 42.8 Å². The highest BCUT2D eigenvalue weighted by molar-refractivity contribution is 6.30. The molecule has 154 valence electrons. The molecule has 0 N–H and O–H groups in total. The average molecular weight is 423 g/mol. The molecule has 0 radical (unpaired) electrons. The van der Waals surface area contributed by atoms with Gasteiger partial charge in [-0.3, -0.25) is 9.69 Å². The van der Waals surface area contributed by atoms with E-state index in [1.165, 1.54) is 5.56 Å². The molecule has 1 fully saturated rings. The van der Waals surface area contributed by atoms with Crippen LogP contribution in [0.2, 0.25) is 5.02 Å². The van der Waals surface area contributed by atoms with Gasteiger partial charge in [0.2, 0.25) is 17.6 Å². The number of amides is 1. The first-order valence-corrected chi connectivity index (χ1v) is 10.3. The number of halogens is 1. The Labute approximate surface area is 180 Å². The Morgan fingerprint density at radius 3 is 2.47 bits per heavy atom. The molecule has 4 rings (SSSR count). The van der Waals surface area contributed by atoms with E-state index in [0.717, 1.165) is 24.2 Å². The third-order valence-electron chi connectivity index (χ3n) is 5.11. The Kier molecular flexibility index (Phi) is 6.26. The molecule has 3 aromatic rings. The lowest BCUT2D eigenvalue weighted by Crippen LogP contribution is -2.47. The van der Waals surface area contributed by atoms with Gasteiger partial charge in [0.05, 0.1) is 6.54 Å². The minimum atomic E-state index is 0.0399. The first kappa shape index (κ1) is 20.3. The van der Waals surface area contributed by atoms with Gasteiger partial charge in [0.15, 0.2) is 0 Å². The van der Waals surface area contributed by atoms with Crippen molar-refractivity contribution in [2.24, 2.45) is 0 Å². The second-order valence-corrected chi connectivity index (χ2v) is 7.80. The van der Waals surface area contributed by atoms with Crippen molar-refractivity contribution < 1.29 is 9.32 Å². The van der Waals surface area contributed by atoms with E-state index in [4.69, 9.17) is 16.1 Å². The van der Waals surface area contributed by atoms with Crippen LogP contribution in [0.1, 0.15) is 17.0 Å². The molecular weight excluding hydrogens is 400 g/mol. The monoisotopic (exact) mass is 422 g/mol. The quantitative estimate of drug-likeness (QED) is 0.580. The molecule has 30 heavy (non-hydrogen) atoms. The van der Waals surface area contributed by atoms with Crippen LogP contribution < -0.4 is 0 Å². The van der Waals surface area contributed by atoms with E-state index in [0.29, 0.717) is 36.4 Å². The van der Waals surface area contributed by atoms with Gasteiger partial charge in [0.25, 0.3) is 0 Å². The van der Waals surface area contributed by atoms with E-state index in [-0.39, 0.29) is 5.91 Å². The number of rotatable bonds is 5. The standard InChI is InChI=1S/C23H23ClN4O2/c1-17-2-4-18(5-3-17)6-11-22(29)28-14-12-27(13-15-28)16-21-25-23(26-30-21)19-7-9-20(24)10-8-19/h2-11H,12-16H2,1H3/b11-6+. The molecule has 0 aliphatic carbocycles. The number of hydrogen-bond donors (Lipinski definition) is 0. The molecule has 1 aliphatic rings. The van der Waals surface area contributed by atoms with E-state index < -0.39 is 0 Å². The van der Waals surface area contributed by atoms with Crippen LogP contribution in [0, 0.1) is 6.92 Å². The topological polar surface area (TPSA) is 62.5 Å². The number of nitrogens with zero attached hydrogens (tertiary/aromatic N) is 4. The summed E-state index contributed by atoms with van der Waals surface area (Å²) < 4.78 is 5.39. The number of aryl methyl sites for hydroxylation is 1. The van der Waals surface area contributed by atoms with Gasteiger partial charge in [-0.2, -0.15) is 4.98 Å². The van der Waals surface area contributed by atoms with Crippen LogP contribution in [-0.2, 0) is 11.3 Å². The minimum absolute atomic E-state index is 0.0399. The van der Waals surface area contributed by atoms with Gasteiger partial charge in [0.1, 0.15) is 0 Å². The highest BCUT2D eigenvalue weighted by atomic mass is 35.5. The number of aromatic nitrogens is 2. The summed E-state index contributed by atoms with van der Waals surface area (Å²) in [6, 6.07) is 15.4. The van der Waals surface area contributed by atoms with Crippen molar-refractivity contribution in [3.63, 3.8) is 0 Å². The van der Waals surface area contributed by atoms with Gasteiger partial charge in [-0.15, -0.1) is 0 Å². The van der Waals surface area contributed by atoms with Gasteiger partial charge < -0.3 is 9.42 Å². The first-order chi connectivity index (χ1) is 14.6. The van der Waals surface area contributed by atoms with E-state index in [1.807, 2.05) is 54.3 Å². The zero-order valence-corrected chi connectivity index (χ0v) is 17.5. The molecule has 2 aromatic carbocycles. The molecule has 0 bridgehead atoms. The van der Waals surface area contributed by atoms with Gasteiger partial charge in [-0.1, -0.05) is 46.6 Å². The largest absolute Gasteiger partial charge is 0.338 e. The van der Waals surface area contributed by atoms with Gasteiger partial charge >= 0.3 is 0 Å². The highest BCUT2D eigenvalue weighted by Gasteiger charge is 2.21. The number of benzene rings is 2. The first-order valence-electron chi connectivity index (χ1n) is 9.91. The molecule has 6 nitrogen and oxygen atoms in total. The van der Waals surface area contributed by atoms with Crippen LogP contribution in [0.3, 0.4) is 0 Å². The molecular formula is C23H23ClN4O2. The molecule has 1 aromatic heterocycles. The Morgan fingerprint density at radius 1 is 1.07 bits per heavy atom. The lowest BCUT2D eigenvalue weighted by Gasteiger charge is -2.33. The fraction of sp³-hybridized carbons (Fsp3) is 0.261. The van der Waals surface area contributed by atoms with Crippen LogP contribution in [0.25, 0.3) is 17.5 Å². The van der Waals surface area contributed by atoms with Crippen molar-refractivity contribution in [1.82, 2.24) is 19.9 Å². The molecule has 0 atom stereocenters. The zero-order valence-electron chi connectivity index (χ0n) is 16.8. The predicted octanol–water partition coefficient (Wildman–Crippen LogP) is 4.06. The second-order valence-electron chi connectivity index (χ2n) is 7.36. The summed E-state index contributed by atoms with van der Waals surface area (Å²) in [5, 5.41) is 4.72. The molecule has 0 unspecified atom stereocenters. The summed E-state index contributed by atoms with van der Waals surface area (Å²) in [7, 11) is 0. The summed E-state index contributed by atoms with van der Waals surface area (Å²) in [5.74, 6) is 1.16. The van der Waals surface area contributed by atoms with E-state index in [2.05, 4.69) is 15.0 Å². The fourth-order valence-electron chi connectivity index (χ4n) is 3.30. The maximum absolute atomic E-state index is 12.5. The van der Waals surface area contributed by atoms with Crippen LogP contribution in [0.15, 0.2) is 59.1 Å². The second kappa shape index (κ2) is 9.24. The third kappa shape index (κ3) is 5.14. The Hall–Kier alpha value is -2.96. The molecule has 1 amide bonds. The minimum Gasteiger partial charge on any atom is -0.338 e. The highest BCUT2D eigenvalue weighted by Crippen LogP contribution is 2.19.